The lowest BCUT2D eigenvalue weighted by molar-refractivity contribution is -0.124. The van der Waals surface area contributed by atoms with Gasteiger partial charge in [0.1, 0.15) is 18.4 Å². The largest absolute Gasteiger partial charge is 0.513 e. The van der Waals surface area contributed by atoms with Crippen molar-refractivity contribution in [2.45, 2.75) is 63.7 Å². The number of aldehydes is 1. The molecule has 0 radical (unpaired) electrons. The van der Waals surface area contributed by atoms with Crippen LogP contribution in [0.1, 0.15) is 74.1 Å². The van der Waals surface area contributed by atoms with Crippen LogP contribution in [0.4, 0.5) is 8.78 Å². The Morgan fingerprint density at radius 2 is 1.96 bits per heavy atom. The number of hydrogen-bond acceptors (Lipinski definition) is 5. The number of aliphatic hydroxyl groups is 1. The highest BCUT2D eigenvalue weighted by atomic mass is 19.1. The van der Waals surface area contributed by atoms with E-state index in [-0.39, 0.29) is 36.6 Å². The topological polar surface area (TPSA) is 112 Å². The van der Waals surface area contributed by atoms with E-state index < -0.39 is 17.1 Å². The summed E-state index contributed by atoms with van der Waals surface area (Å²) in [6.07, 6.45) is 13.1. The predicted octanol–water partition coefficient (Wildman–Crippen LogP) is 5.67. The van der Waals surface area contributed by atoms with E-state index in [2.05, 4.69) is 28.3 Å². The van der Waals surface area contributed by atoms with Gasteiger partial charge in [-0.2, -0.15) is 0 Å². The van der Waals surface area contributed by atoms with Crippen LogP contribution in [0.15, 0.2) is 78.0 Å². The number of H-pyrrole nitrogens is 1. The van der Waals surface area contributed by atoms with Crippen LogP contribution in [0.25, 0.3) is 17.7 Å². The number of fused-ring (bicyclic) bond motifs is 2. The van der Waals surface area contributed by atoms with Crippen LogP contribution in [0.3, 0.4) is 0 Å². The molecule has 240 valence electrons. The third kappa shape index (κ3) is 9.30. The first-order valence-electron chi connectivity index (χ1n) is 15.4. The quantitative estimate of drug-likeness (QED) is 0.250. The number of aromatic nitrogens is 1. The maximum absolute atomic E-state index is 15.0. The minimum Gasteiger partial charge on any atom is -0.513 e. The molecule has 1 aliphatic rings. The molecule has 2 aromatic carbocycles. The van der Waals surface area contributed by atoms with E-state index in [1.807, 2.05) is 24.4 Å². The van der Waals surface area contributed by atoms with Crippen molar-refractivity contribution in [1.29, 1.82) is 0 Å². The van der Waals surface area contributed by atoms with Gasteiger partial charge in [-0.25, -0.2) is 8.78 Å². The molecule has 7 nitrogen and oxygen atoms in total. The number of hydrogen-bond donors (Lipinski definition) is 3. The lowest BCUT2D eigenvalue weighted by atomic mass is 9.78. The number of aromatic amines is 1. The Kier molecular flexibility index (Phi) is 12.1. The second-order valence-electron chi connectivity index (χ2n) is 11.6. The summed E-state index contributed by atoms with van der Waals surface area (Å²) >= 11 is 0. The molecule has 0 fully saturated rings. The fraction of sp³-hybridized carbons (Fsp3) is 0.297. The Morgan fingerprint density at radius 1 is 1.11 bits per heavy atom. The van der Waals surface area contributed by atoms with Crippen LogP contribution in [0, 0.1) is 5.82 Å². The molecule has 0 saturated carbocycles. The van der Waals surface area contributed by atoms with Crippen molar-refractivity contribution in [3.05, 3.63) is 112 Å². The Balaban J connectivity index is 1.78. The molecule has 0 saturated heterocycles. The van der Waals surface area contributed by atoms with Gasteiger partial charge in [-0.3, -0.25) is 14.6 Å². The molecule has 2 bridgehead atoms. The van der Waals surface area contributed by atoms with Gasteiger partial charge in [-0.15, -0.1) is 0 Å². The van der Waals surface area contributed by atoms with Crippen LogP contribution in [-0.4, -0.2) is 40.8 Å². The third-order valence-corrected chi connectivity index (χ3v) is 8.15. The number of benzene rings is 2. The highest BCUT2D eigenvalue weighted by molar-refractivity contribution is 5.93. The zero-order chi connectivity index (χ0) is 32.9. The molecule has 1 aliphatic heterocycles. The van der Waals surface area contributed by atoms with Gasteiger partial charge in [0.25, 0.3) is 0 Å². The van der Waals surface area contributed by atoms with E-state index in [1.54, 1.807) is 30.5 Å². The Hall–Kier alpha value is -4.92. The van der Waals surface area contributed by atoms with Gasteiger partial charge in [0, 0.05) is 65.5 Å². The van der Waals surface area contributed by atoms with Crippen LogP contribution < -0.4 is 15.9 Å². The smallest absolute Gasteiger partial charge is 0.220 e. The van der Waals surface area contributed by atoms with Crippen LogP contribution >= 0.6 is 0 Å². The monoisotopic (exact) mass is 627 g/mol. The number of nitrogens with zero attached hydrogens (tertiary/aromatic N) is 1. The van der Waals surface area contributed by atoms with Gasteiger partial charge in [0.05, 0.1) is 6.54 Å². The molecule has 0 aliphatic carbocycles. The first kappa shape index (κ1) is 34.0. The number of aliphatic hydroxyl groups excluding tert-OH is 1. The molecule has 2 heterocycles. The van der Waals surface area contributed by atoms with Crippen molar-refractivity contribution >= 4 is 41.9 Å². The van der Waals surface area contributed by atoms with Crippen molar-refractivity contribution in [3.8, 4) is 0 Å². The maximum atomic E-state index is 15.0. The number of allylic oxidation sites excluding steroid dienone is 1. The molecule has 46 heavy (non-hydrogen) atoms. The Bertz CT molecular complexity index is 1770. The number of aliphatic imine (C=N–C) groups is 1. The Labute approximate surface area is 267 Å². The summed E-state index contributed by atoms with van der Waals surface area (Å²) in [5, 5.41) is 12.6. The van der Waals surface area contributed by atoms with E-state index in [9.17, 15) is 18.8 Å². The average Bonchev–Trinajstić information content (AvgIpc) is 3.51. The molecule has 4 rings (SSSR count). The fourth-order valence-electron chi connectivity index (χ4n) is 5.57. The number of rotatable bonds is 5. The van der Waals surface area contributed by atoms with E-state index in [0.717, 1.165) is 42.8 Å². The lowest BCUT2D eigenvalue weighted by Crippen LogP contribution is -2.31. The highest BCUT2D eigenvalue weighted by Gasteiger charge is 2.24. The number of aryl methyl sites for hydroxylation is 1. The molecule has 9 heteroatoms. The molecule has 1 unspecified atom stereocenters. The van der Waals surface area contributed by atoms with E-state index in [0.29, 0.717) is 47.2 Å². The van der Waals surface area contributed by atoms with Gasteiger partial charge < -0.3 is 20.2 Å². The molecular weight excluding hydrogens is 588 g/mol. The van der Waals surface area contributed by atoms with Gasteiger partial charge in [0.2, 0.25) is 5.91 Å². The highest BCUT2D eigenvalue weighted by Crippen LogP contribution is 2.30. The summed E-state index contributed by atoms with van der Waals surface area (Å²) in [4.78, 5) is 44.1. The van der Waals surface area contributed by atoms with E-state index in [1.165, 1.54) is 12.3 Å². The molecular formula is C37H39F2N3O4. The standard InChI is InChI=1S/C37H39F2N3O4/c1-37(29-9-5-7-26(19-29)8-6-18-43)15-4-2-3-10-36(46)42-23-31(45)22-33(32-14-17-41-35(32)21-30(38)24-44)27-11-12-34(39)28(20-27)13-16-40-25-37/h5,7,9,11-14,16-21,24-25,41,44H,2-4,6,8,10,15,22-23H2,1H3,(H,42,46)/b16-13-,30-24-,33-32-,35-21+,40-25?. The average molecular weight is 628 g/mol. The second kappa shape index (κ2) is 16.4. The molecule has 1 atom stereocenters. The molecule has 1 amide bonds. The van der Waals surface area contributed by atoms with Crippen molar-refractivity contribution in [2.75, 3.05) is 6.54 Å². The van der Waals surface area contributed by atoms with Crippen molar-refractivity contribution in [2.24, 2.45) is 4.99 Å². The van der Waals surface area contributed by atoms with Crippen molar-refractivity contribution in [1.82, 2.24) is 10.3 Å². The van der Waals surface area contributed by atoms with Gasteiger partial charge in [-0.05, 0) is 65.8 Å². The molecule has 3 N–H and O–H groups in total. The third-order valence-electron chi connectivity index (χ3n) is 8.15. The molecule has 3 aromatic rings. The van der Waals surface area contributed by atoms with Crippen molar-refractivity contribution < 1.29 is 28.3 Å². The van der Waals surface area contributed by atoms with E-state index >= 15 is 4.39 Å². The minimum absolute atomic E-state index is 0.110. The summed E-state index contributed by atoms with van der Waals surface area (Å²) in [6, 6.07) is 14.2. The number of carbonyl (C=O) groups excluding carboxylic acids is 3. The summed E-state index contributed by atoms with van der Waals surface area (Å²) in [6.45, 7) is 1.91. The van der Waals surface area contributed by atoms with Crippen LogP contribution in [0.5, 0.6) is 0 Å². The first-order chi connectivity index (χ1) is 22.2. The second-order valence-corrected chi connectivity index (χ2v) is 11.6. The number of Topliss-reactive ketones (excluding diaryl/α,β-unsaturated/α-hetero) is 1. The zero-order valence-electron chi connectivity index (χ0n) is 25.9. The number of carbonyl (C=O) groups is 3. The normalized spacial score (nSPS) is 21.2. The maximum Gasteiger partial charge on any atom is 0.220 e. The molecule has 0 spiro atoms. The van der Waals surface area contributed by atoms with Gasteiger partial charge in [0.15, 0.2) is 11.6 Å². The summed E-state index contributed by atoms with van der Waals surface area (Å²) in [5.74, 6) is -1.87. The fourth-order valence-corrected chi connectivity index (χ4v) is 5.57. The van der Waals surface area contributed by atoms with Gasteiger partial charge in [-0.1, -0.05) is 50.1 Å². The zero-order valence-corrected chi connectivity index (χ0v) is 25.9. The molecule has 1 aromatic heterocycles. The summed E-state index contributed by atoms with van der Waals surface area (Å²) < 4.78 is 29.0. The predicted molar refractivity (Wildman–Crippen MR) is 177 cm³/mol. The van der Waals surface area contributed by atoms with Crippen LogP contribution in [-0.2, 0) is 26.2 Å². The lowest BCUT2D eigenvalue weighted by Gasteiger charge is -2.26. The number of halogens is 2. The van der Waals surface area contributed by atoms with Crippen molar-refractivity contribution in [3.63, 3.8) is 0 Å². The van der Waals surface area contributed by atoms with E-state index in [4.69, 9.17) is 5.11 Å². The Morgan fingerprint density at radius 3 is 2.76 bits per heavy atom. The first-order valence-corrected chi connectivity index (χ1v) is 15.4. The summed E-state index contributed by atoms with van der Waals surface area (Å²) in [7, 11) is 0. The SMILES string of the molecule is CC1(c2cccc(CCC=O)c2)C=N/C=C\c2cc(ccc2F)/C(=c2/cc[nH]/c2=C/C(F)=C/O)CC(=O)CNC(=O)CCCCC1. The number of ketones is 1. The number of amides is 1. The van der Waals surface area contributed by atoms with Gasteiger partial charge >= 0.3 is 0 Å². The minimum atomic E-state index is -0.890. The van der Waals surface area contributed by atoms with Crippen LogP contribution in [0.2, 0.25) is 0 Å². The summed E-state index contributed by atoms with van der Waals surface area (Å²) in [5.41, 5.74) is 2.92. The number of nitrogens with one attached hydrogen (secondary N) is 2.